The van der Waals surface area contributed by atoms with Crippen LogP contribution in [0.4, 0.5) is 0 Å². The van der Waals surface area contributed by atoms with E-state index in [1.807, 2.05) is 14.0 Å². The molecule has 0 saturated heterocycles. The van der Waals surface area contributed by atoms with Crippen LogP contribution in [0.15, 0.2) is 18.3 Å². The van der Waals surface area contributed by atoms with E-state index < -0.39 is 0 Å². The summed E-state index contributed by atoms with van der Waals surface area (Å²) < 4.78 is 8.31. The molecule has 0 amide bonds. The average molecular weight is 248 g/mol. The lowest BCUT2D eigenvalue weighted by molar-refractivity contribution is 0.102. The van der Waals surface area contributed by atoms with E-state index >= 15 is 0 Å². The van der Waals surface area contributed by atoms with Crippen LogP contribution in [0.2, 0.25) is 0 Å². The molecule has 0 bridgehead atoms. The minimum Gasteiger partial charge on any atom is -0.383 e. The van der Waals surface area contributed by atoms with Crippen LogP contribution in [0.5, 0.6) is 0 Å². The zero-order valence-electron chi connectivity index (χ0n) is 10.8. The molecular weight excluding hydrogens is 232 g/mol. The molecule has 0 aliphatic rings. The van der Waals surface area contributed by atoms with E-state index in [2.05, 4.69) is 10.2 Å². The van der Waals surface area contributed by atoms with Gasteiger partial charge in [0.05, 0.1) is 13.2 Å². The summed E-state index contributed by atoms with van der Waals surface area (Å²) in [5.74, 6) is -0.118. The Labute approximate surface area is 105 Å². The van der Waals surface area contributed by atoms with Crippen molar-refractivity contribution in [2.75, 3.05) is 13.7 Å². The lowest BCUT2D eigenvalue weighted by Crippen LogP contribution is -2.14. The van der Waals surface area contributed by atoms with E-state index in [1.165, 1.54) is 0 Å². The summed E-state index contributed by atoms with van der Waals surface area (Å²) in [6.07, 6.45) is 1.61. The zero-order valence-corrected chi connectivity index (χ0v) is 10.8. The van der Waals surface area contributed by atoms with Crippen LogP contribution < -0.4 is 0 Å². The SMILES string of the molecule is COCCn1nccc1C(=O)c1cc(C)n(C)n1. The molecule has 96 valence electrons. The van der Waals surface area contributed by atoms with Crippen molar-refractivity contribution in [2.24, 2.45) is 7.05 Å². The van der Waals surface area contributed by atoms with Gasteiger partial charge in [0.15, 0.2) is 0 Å². The van der Waals surface area contributed by atoms with Gasteiger partial charge in [-0.3, -0.25) is 14.2 Å². The highest BCUT2D eigenvalue weighted by molar-refractivity contribution is 6.06. The molecule has 6 nitrogen and oxygen atoms in total. The van der Waals surface area contributed by atoms with Crippen molar-refractivity contribution in [2.45, 2.75) is 13.5 Å². The number of ketones is 1. The molecule has 0 radical (unpaired) electrons. The Balaban J connectivity index is 2.26. The number of methoxy groups -OCH3 is 1. The van der Waals surface area contributed by atoms with Gasteiger partial charge in [0, 0.05) is 26.0 Å². The molecular formula is C12H16N4O2. The molecule has 0 spiro atoms. The lowest BCUT2D eigenvalue weighted by atomic mass is 10.2. The normalized spacial score (nSPS) is 10.8. The standard InChI is InChI=1S/C12H16N4O2/c1-9-8-10(14-15(9)2)12(17)11-4-5-13-16(11)6-7-18-3/h4-5,8H,6-7H2,1-3H3. The summed E-state index contributed by atoms with van der Waals surface area (Å²) in [4.78, 5) is 12.3. The van der Waals surface area contributed by atoms with Gasteiger partial charge < -0.3 is 4.74 Å². The van der Waals surface area contributed by atoms with E-state index in [1.54, 1.807) is 34.8 Å². The van der Waals surface area contributed by atoms with Gasteiger partial charge in [-0.05, 0) is 19.1 Å². The van der Waals surface area contributed by atoms with Crippen LogP contribution in [-0.4, -0.2) is 39.1 Å². The van der Waals surface area contributed by atoms with Crippen molar-refractivity contribution in [1.82, 2.24) is 19.6 Å². The summed E-state index contributed by atoms with van der Waals surface area (Å²) in [6.45, 7) is 2.98. The van der Waals surface area contributed by atoms with Crippen molar-refractivity contribution < 1.29 is 9.53 Å². The Bertz CT molecular complexity index is 537. The average Bonchev–Trinajstić information content (AvgIpc) is 2.94. The molecule has 0 aromatic carbocycles. The van der Waals surface area contributed by atoms with E-state index in [4.69, 9.17) is 4.74 Å². The van der Waals surface area contributed by atoms with Crippen molar-refractivity contribution >= 4 is 5.78 Å². The van der Waals surface area contributed by atoms with Gasteiger partial charge in [-0.1, -0.05) is 0 Å². The molecule has 18 heavy (non-hydrogen) atoms. The van der Waals surface area contributed by atoms with Gasteiger partial charge in [-0.15, -0.1) is 0 Å². The number of rotatable bonds is 5. The second kappa shape index (κ2) is 5.14. The summed E-state index contributed by atoms with van der Waals surface area (Å²) >= 11 is 0. The Kier molecular flexibility index (Phi) is 3.57. The van der Waals surface area contributed by atoms with Crippen LogP contribution in [0.1, 0.15) is 21.9 Å². The molecule has 0 N–H and O–H groups in total. The first kappa shape index (κ1) is 12.5. The number of carbonyl (C=O) groups is 1. The Morgan fingerprint density at radius 2 is 2.28 bits per heavy atom. The predicted molar refractivity (Wildman–Crippen MR) is 65.5 cm³/mol. The smallest absolute Gasteiger partial charge is 0.231 e. The number of aromatic nitrogens is 4. The topological polar surface area (TPSA) is 61.9 Å². The van der Waals surface area contributed by atoms with Crippen LogP contribution in [0.3, 0.4) is 0 Å². The lowest BCUT2D eigenvalue weighted by Gasteiger charge is -2.04. The second-order valence-electron chi connectivity index (χ2n) is 4.06. The first-order chi connectivity index (χ1) is 8.63. The maximum Gasteiger partial charge on any atom is 0.231 e. The van der Waals surface area contributed by atoms with Crippen LogP contribution >= 0.6 is 0 Å². The van der Waals surface area contributed by atoms with Gasteiger partial charge in [-0.25, -0.2) is 0 Å². The van der Waals surface area contributed by atoms with E-state index in [0.717, 1.165) is 5.69 Å². The summed E-state index contributed by atoms with van der Waals surface area (Å²) in [5, 5.41) is 8.29. The fourth-order valence-electron chi connectivity index (χ4n) is 1.68. The van der Waals surface area contributed by atoms with Crippen LogP contribution in [0, 0.1) is 6.92 Å². The monoisotopic (exact) mass is 248 g/mol. The number of hydrogen-bond acceptors (Lipinski definition) is 4. The number of hydrogen-bond donors (Lipinski definition) is 0. The Morgan fingerprint density at radius 3 is 2.89 bits per heavy atom. The fraction of sp³-hybridized carbons (Fsp3) is 0.417. The van der Waals surface area contributed by atoms with Crippen LogP contribution in [0.25, 0.3) is 0 Å². The van der Waals surface area contributed by atoms with Gasteiger partial charge in [0.2, 0.25) is 5.78 Å². The van der Waals surface area contributed by atoms with Gasteiger partial charge in [0.25, 0.3) is 0 Å². The number of nitrogens with zero attached hydrogens (tertiary/aromatic N) is 4. The van der Waals surface area contributed by atoms with E-state index in [9.17, 15) is 4.79 Å². The van der Waals surface area contributed by atoms with E-state index in [0.29, 0.717) is 24.5 Å². The maximum absolute atomic E-state index is 12.3. The first-order valence-corrected chi connectivity index (χ1v) is 5.69. The molecule has 0 atom stereocenters. The van der Waals surface area contributed by atoms with Crippen molar-refractivity contribution in [3.05, 3.63) is 35.4 Å². The number of ether oxygens (including phenoxy) is 1. The van der Waals surface area contributed by atoms with Gasteiger partial charge in [0.1, 0.15) is 11.4 Å². The largest absolute Gasteiger partial charge is 0.383 e. The van der Waals surface area contributed by atoms with Crippen LogP contribution in [-0.2, 0) is 18.3 Å². The minimum atomic E-state index is -0.118. The maximum atomic E-state index is 12.3. The summed E-state index contributed by atoms with van der Waals surface area (Å²) in [5.41, 5.74) is 1.92. The minimum absolute atomic E-state index is 0.118. The highest BCUT2D eigenvalue weighted by atomic mass is 16.5. The van der Waals surface area contributed by atoms with Crippen molar-refractivity contribution in [3.63, 3.8) is 0 Å². The molecule has 0 aliphatic carbocycles. The van der Waals surface area contributed by atoms with Gasteiger partial charge >= 0.3 is 0 Å². The molecule has 6 heteroatoms. The highest BCUT2D eigenvalue weighted by Crippen LogP contribution is 2.09. The second-order valence-corrected chi connectivity index (χ2v) is 4.06. The third-order valence-corrected chi connectivity index (χ3v) is 2.80. The summed E-state index contributed by atoms with van der Waals surface area (Å²) in [6, 6.07) is 3.47. The number of carbonyl (C=O) groups excluding carboxylic acids is 1. The molecule has 0 aliphatic heterocycles. The molecule has 2 heterocycles. The number of aryl methyl sites for hydroxylation is 2. The van der Waals surface area contributed by atoms with Crippen molar-refractivity contribution in [3.8, 4) is 0 Å². The molecule has 2 rings (SSSR count). The third kappa shape index (κ3) is 2.33. The summed E-state index contributed by atoms with van der Waals surface area (Å²) in [7, 11) is 3.43. The van der Waals surface area contributed by atoms with Gasteiger partial charge in [-0.2, -0.15) is 10.2 Å². The molecule has 2 aromatic rings. The fourth-order valence-corrected chi connectivity index (χ4v) is 1.68. The highest BCUT2D eigenvalue weighted by Gasteiger charge is 2.17. The zero-order chi connectivity index (χ0) is 13.1. The molecule has 0 unspecified atom stereocenters. The molecule has 0 saturated carbocycles. The van der Waals surface area contributed by atoms with Crippen molar-refractivity contribution in [1.29, 1.82) is 0 Å². The molecule has 2 aromatic heterocycles. The Hall–Kier alpha value is -1.95. The predicted octanol–water partition coefficient (Wildman–Crippen LogP) is 0.802. The Morgan fingerprint density at radius 1 is 1.50 bits per heavy atom. The van der Waals surface area contributed by atoms with E-state index in [-0.39, 0.29) is 5.78 Å². The third-order valence-electron chi connectivity index (χ3n) is 2.80. The first-order valence-electron chi connectivity index (χ1n) is 5.69. The quantitative estimate of drug-likeness (QED) is 0.734. The molecule has 0 fully saturated rings.